The fourth-order valence-corrected chi connectivity index (χ4v) is 4.11. The van der Waals surface area contributed by atoms with Crippen LogP contribution in [0.25, 0.3) is 17.2 Å². The van der Waals surface area contributed by atoms with E-state index in [-0.39, 0.29) is 24.9 Å². The van der Waals surface area contributed by atoms with Gasteiger partial charge in [0.1, 0.15) is 17.6 Å². The second kappa shape index (κ2) is 9.60. The zero-order valence-electron chi connectivity index (χ0n) is 18.6. The molecule has 0 saturated carbocycles. The van der Waals surface area contributed by atoms with E-state index in [0.29, 0.717) is 34.2 Å². The van der Waals surface area contributed by atoms with E-state index in [4.69, 9.17) is 17.0 Å². The number of halogens is 1. The predicted molar refractivity (Wildman–Crippen MR) is 129 cm³/mol. The van der Waals surface area contributed by atoms with Crippen LogP contribution in [-0.2, 0) is 14.3 Å². The lowest BCUT2D eigenvalue weighted by Gasteiger charge is -2.14. The number of carbonyl (C=O) groups excluding carboxylic acids is 3. The zero-order valence-corrected chi connectivity index (χ0v) is 19.4. The molecule has 10 heteroatoms. The summed E-state index contributed by atoms with van der Waals surface area (Å²) >= 11 is 5.16. The first-order valence-corrected chi connectivity index (χ1v) is 11.1. The van der Waals surface area contributed by atoms with Crippen LogP contribution in [0.5, 0.6) is 0 Å². The number of carbonyl (C=O) groups is 3. The molecule has 2 saturated heterocycles. The quantitative estimate of drug-likeness (QED) is 0.486. The Bertz CT molecular complexity index is 1200. The summed E-state index contributed by atoms with van der Waals surface area (Å²) < 4.78 is 20.2. The molecule has 0 bridgehead atoms. The van der Waals surface area contributed by atoms with Gasteiger partial charge in [0.2, 0.25) is 5.91 Å². The van der Waals surface area contributed by atoms with Gasteiger partial charge in [-0.2, -0.15) is 0 Å². The van der Waals surface area contributed by atoms with Crippen LogP contribution in [0.15, 0.2) is 48.2 Å². The molecule has 1 atom stereocenters. The van der Waals surface area contributed by atoms with Crippen molar-refractivity contribution in [1.82, 2.24) is 15.5 Å². The van der Waals surface area contributed by atoms with E-state index >= 15 is 0 Å². The van der Waals surface area contributed by atoms with Gasteiger partial charge in [0.15, 0.2) is 5.11 Å². The lowest BCUT2D eigenvalue weighted by atomic mass is 10.0. The summed E-state index contributed by atoms with van der Waals surface area (Å²) in [7, 11) is 0. The van der Waals surface area contributed by atoms with Crippen molar-refractivity contribution in [1.29, 1.82) is 0 Å². The third-order valence-corrected chi connectivity index (χ3v) is 5.85. The number of hydrogen-bond acceptors (Lipinski definition) is 5. The number of cyclic esters (lactones) is 1. The van der Waals surface area contributed by atoms with E-state index in [9.17, 15) is 18.8 Å². The van der Waals surface area contributed by atoms with Crippen LogP contribution >= 0.6 is 12.2 Å². The van der Waals surface area contributed by atoms with Crippen molar-refractivity contribution < 1.29 is 23.5 Å². The lowest BCUT2D eigenvalue weighted by Crippen LogP contribution is -2.33. The average Bonchev–Trinajstić information content (AvgIpc) is 3.31. The largest absolute Gasteiger partial charge is 0.442 e. The smallest absolute Gasteiger partial charge is 0.414 e. The van der Waals surface area contributed by atoms with Crippen molar-refractivity contribution in [3.63, 3.8) is 0 Å². The molecule has 2 aliphatic heterocycles. The van der Waals surface area contributed by atoms with Crippen molar-refractivity contribution >= 4 is 47.0 Å². The maximum Gasteiger partial charge on any atom is 0.414 e. The number of nitrogens with zero attached hydrogens (tertiary/aromatic N) is 2. The van der Waals surface area contributed by atoms with Crippen LogP contribution in [0.4, 0.5) is 14.9 Å². The van der Waals surface area contributed by atoms with Gasteiger partial charge >= 0.3 is 6.09 Å². The molecule has 0 aromatic heterocycles. The van der Waals surface area contributed by atoms with Gasteiger partial charge in [0.05, 0.1) is 18.8 Å². The number of nitrogens with one attached hydrogen (secondary N) is 2. The Hall–Kier alpha value is -3.79. The van der Waals surface area contributed by atoms with Gasteiger partial charge < -0.3 is 15.4 Å². The van der Waals surface area contributed by atoms with Crippen molar-refractivity contribution in [2.75, 3.05) is 24.5 Å². The molecule has 0 unspecified atom stereocenters. The summed E-state index contributed by atoms with van der Waals surface area (Å²) in [6, 6.07) is 11.6. The summed E-state index contributed by atoms with van der Waals surface area (Å²) in [5, 5.41) is 5.89. The second-order valence-electron chi connectivity index (χ2n) is 7.88. The van der Waals surface area contributed by atoms with E-state index in [1.807, 2.05) is 6.92 Å². The van der Waals surface area contributed by atoms with Gasteiger partial charge in [-0.05, 0) is 54.5 Å². The number of anilines is 1. The monoisotopic (exact) mass is 482 g/mol. The van der Waals surface area contributed by atoms with E-state index in [0.717, 1.165) is 5.56 Å². The van der Waals surface area contributed by atoms with Crippen molar-refractivity contribution in [3.05, 3.63) is 59.5 Å². The fourth-order valence-electron chi connectivity index (χ4n) is 3.79. The highest BCUT2D eigenvalue weighted by molar-refractivity contribution is 7.80. The number of likely N-dealkylation sites (N-methyl/N-ethyl adjacent to an activating group) is 1. The molecule has 4 rings (SSSR count). The minimum atomic E-state index is -0.587. The standard InChI is InChI=1S/C24H23FN4O4S/c1-3-28-22(31)21(27-23(28)34)10-15-4-6-16(7-5-15)19-9-8-17(11-20(19)25)29-13-18(33-24(29)32)12-26-14(2)30/h4-11,18H,3,12-13H2,1-2H3,(H,26,30)(H,27,34)/b21-10-/t18-/m0/s1. The van der Waals surface area contributed by atoms with E-state index < -0.39 is 18.0 Å². The summed E-state index contributed by atoms with van der Waals surface area (Å²) in [5.41, 5.74) is 2.56. The summed E-state index contributed by atoms with van der Waals surface area (Å²) in [6.07, 6.45) is 0.612. The number of benzene rings is 2. The Morgan fingerprint density at radius 1 is 1.26 bits per heavy atom. The third-order valence-electron chi connectivity index (χ3n) is 5.53. The Morgan fingerprint density at radius 2 is 2.00 bits per heavy atom. The summed E-state index contributed by atoms with van der Waals surface area (Å²) in [5.74, 6) is -0.888. The van der Waals surface area contributed by atoms with Gasteiger partial charge in [0.25, 0.3) is 5.91 Å². The average molecular weight is 483 g/mol. The molecular weight excluding hydrogens is 459 g/mol. The molecule has 2 aromatic rings. The molecule has 2 aromatic carbocycles. The number of rotatable bonds is 6. The number of hydrogen-bond donors (Lipinski definition) is 2. The minimum absolute atomic E-state index is 0.182. The summed E-state index contributed by atoms with van der Waals surface area (Å²) in [4.78, 5) is 38.4. The SMILES string of the molecule is CCN1C(=O)/C(=C/c2ccc(-c3ccc(N4C[C@H](CNC(C)=O)OC4=O)cc3F)cc2)NC1=S. The Kier molecular flexibility index (Phi) is 6.60. The molecule has 34 heavy (non-hydrogen) atoms. The molecule has 0 spiro atoms. The van der Waals surface area contributed by atoms with Gasteiger partial charge in [0, 0.05) is 19.0 Å². The first-order chi connectivity index (χ1) is 16.3. The normalized spacial score (nSPS) is 19.0. The van der Waals surface area contributed by atoms with Gasteiger partial charge in [-0.3, -0.25) is 19.4 Å². The molecule has 3 amide bonds. The van der Waals surface area contributed by atoms with Crippen molar-refractivity contribution in [3.8, 4) is 11.1 Å². The maximum absolute atomic E-state index is 14.9. The molecule has 176 valence electrons. The zero-order chi connectivity index (χ0) is 24.4. The van der Waals surface area contributed by atoms with Crippen LogP contribution in [0.2, 0.25) is 0 Å². The highest BCUT2D eigenvalue weighted by Crippen LogP contribution is 2.29. The Balaban J connectivity index is 1.48. The number of ether oxygens (including phenoxy) is 1. The highest BCUT2D eigenvalue weighted by Gasteiger charge is 2.33. The van der Waals surface area contributed by atoms with Crippen LogP contribution in [0.3, 0.4) is 0 Å². The second-order valence-corrected chi connectivity index (χ2v) is 8.26. The van der Waals surface area contributed by atoms with Crippen LogP contribution < -0.4 is 15.5 Å². The van der Waals surface area contributed by atoms with Crippen LogP contribution in [-0.4, -0.2) is 53.7 Å². The Morgan fingerprint density at radius 3 is 2.62 bits per heavy atom. The molecule has 0 radical (unpaired) electrons. The Labute approximate surface area is 201 Å². The van der Waals surface area contributed by atoms with Gasteiger partial charge in [-0.1, -0.05) is 24.3 Å². The molecule has 2 heterocycles. The van der Waals surface area contributed by atoms with Crippen molar-refractivity contribution in [2.45, 2.75) is 20.0 Å². The van der Waals surface area contributed by atoms with E-state index in [2.05, 4.69) is 10.6 Å². The number of amides is 3. The van der Waals surface area contributed by atoms with Crippen LogP contribution in [0.1, 0.15) is 19.4 Å². The maximum atomic E-state index is 14.9. The van der Waals surface area contributed by atoms with E-state index in [1.165, 1.54) is 22.8 Å². The predicted octanol–water partition coefficient (Wildman–Crippen LogP) is 3.03. The molecule has 0 aliphatic carbocycles. The first kappa shape index (κ1) is 23.4. The fraction of sp³-hybridized carbons (Fsp3) is 0.250. The molecule has 2 N–H and O–H groups in total. The lowest BCUT2D eigenvalue weighted by molar-refractivity contribution is -0.122. The van der Waals surface area contributed by atoms with Gasteiger partial charge in [-0.15, -0.1) is 0 Å². The van der Waals surface area contributed by atoms with Crippen molar-refractivity contribution in [2.24, 2.45) is 0 Å². The topological polar surface area (TPSA) is 91.0 Å². The van der Waals surface area contributed by atoms with Gasteiger partial charge in [-0.25, -0.2) is 9.18 Å². The van der Waals surface area contributed by atoms with E-state index in [1.54, 1.807) is 42.5 Å². The molecule has 2 aliphatic rings. The first-order valence-electron chi connectivity index (χ1n) is 10.7. The minimum Gasteiger partial charge on any atom is -0.442 e. The highest BCUT2D eigenvalue weighted by atomic mass is 32.1. The molecule has 2 fully saturated rings. The summed E-state index contributed by atoms with van der Waals surface area (Å²) in [6.45, 7) is 4.13. The third kappa shape index (κ3) is 4.76. The molecular formula is C24H23FN4O4S. The molecule has 8 nitrogen and oxygen atoms in total. The van der Waals surface area contributed by atoms with Crippen LogP contribution in [0, 0.1) is 5.82 Å². The number of thiocarbonyl (C=S) groups is 1.